The van der Waals surface area contributed by atoms with E-state index >= 15 is 0 Å². The van der Waals surface area contributed by atoms with Gasteiger partial charge in [-0.05, 0) is 49.4 Å². The van der Waals surface area contributed by atoms with Crippen LogP contribution in [0.15, 0.2) is 52.9 Å². The average Bonchev–Trinajstić information content (AvgIpc) is 3.11. The largest absolute Gasteiger partial charge is 0.482 e. The highest BCUT2D eigenvalue weighted by Crippen LogP contribution is 2.23. The molecule has 0 spiro atoms. The van der Waals surface area contributed by atoms with Crippen LogP contribution in [-0.2, 0) is 9.53 Å². The van der Waals surface area contributed by atoms with Crippen molar-refractivity contribution in [1.82, 2.24) is 10.2 Å². The molecular weight excluding hydrogens is 363 g/mol. The van der Waals surface area contributed by atoms with Gasteiger partial charge in [-0.15, -0.1) is 10.2 Å². The molecular formula is C18H14ClFN2O4. The lowest BCUT2D eigenvalue weighted by atomic mass is 10.2. The third-order valence-electron chi connectivity index (χ3n) is 3.34. The number of halogens is 2. The topological polar surface area (TPSA) is 74.5 Å². The maximum atomic E-state index is 13.0. The molecule has 2 aromatic carbocycles. The first kappa shape index (κ1) is 17.9. The van der Waals surface area contributed by atoms with E-state index in [1.54, 1.807) is 31.2 Å². The first-order valence-corrected chi connectivity index (χ1v) is 8.06. The van der Waals surface area contributed by atoms with Crippen LogP contribution in [0.3, 0.4) is 0 Å². The van der Waals surface area contributed by atoms with Gasteiger partial charge in [0.05, 0.1) is 0 Å². The van der Waals surface area contributed by atoms with E-state index in [0.717, 1.165) is 0 Å². The third-order valence-corrected chi connectivity index (χ3v) is 3.58. The van der Waals surface area contributed by atoms with Crippen LogP contribution < -0.4 is 4.74 Å². The van der Waals surface area contributed by atoms with Crippen LogP contribution in [0.25, 0.3) is 11.5 Å². The van der Waals surface area contributed by atoms with Crippen LogP contribution in [0.1, 0.15) is 18.9 Å². The first-order chi connectivity index (χ1) is 12.5. The summed E-state index contributed by atoms with van der Waals surface area (Å²) in [5, 5.41) is 8.23. The van der Waals surface area contributed by atoms with E-state index in [1.165, 1.54) is 24.3 Å². The molecule has 1 aromatic heterocycles. The molecule has 0 N–H and O–H groups in total. The zero-order chi connectivity index (χ0) is 18.5. The highest BCUT2D eigenvalue weighted by Gasteiger charge is 2.19. The van der Waals surface area contributed by atoms with Crippen LogP contribution in [0.2, 0.25) is 5.02 Å². The minimum atomic E-state index is -0.757. The van der Waals surface area contributed by atoms with Gasteiger partial charge in [0.2, 0.25) is 5.89 Å². The molecule has 0 fully saturated rings. The van der Waals surface area contributed by atoms with E-state index in [1.807, 2.05) is 0 Å². The van der Waals surface area contributed by atoms with Gasteiger partial charge < -0.3 is 13.9 Å². The summed E-state index contributed by atoms with van der Waals surface area (Å²) in [6.07, 6.45) is -0.757. The fourth-order valence-corrected chi connectivity index (χ4v) is 2.27. The number of carbonyl (C=O) groups excluding carboxylic acids is 1. The summed E-state index contributed by atoms with van der Waals surface area (Å²) in [7, 11) is 0. The molecule has 6 nitrogen and oxygen atoms in total. The molecule has 3 rings (SSSR count). The number of esters is 1. The molecule has 0 unspecified atom stereocenters. The van der Waals surface area contributed by atoms with Gasteiger partial charge in [-0.3, -0.25) is 0 Å². The lowest BCUT2D eigenvalue weighted by Crippen LogP contribution is -2.17. The molecule has 0 saturated heterocycles. The Morgan fingerprint density at radius 1 is 1.23 bits per heavy atom. The Bertz CT molecular complexity index is 898. The van der Waals surface area contributed by atoms with Crippen molar-refractivity contribution in [2.45, 2.75) is 13.0 Å². The Hall–Kier alpha value is -2.93. The number of aromatic nitrogens is 2. The van der Waals surface area contributed by atoms with Crippen LogP contribution in [0, 0.1) is 5.82 Å². The van der Waals surface area contributed by atoms with Gasteiger partial charge in [-0.1, -0.05) is 17.7 Å². The maximum absolute atomic E-state index is 13.0. The van der Waals surface area contributed by atoms with E-state index < -0.39 is 12.1 Å². The van der Waals surface area contributed by atoms with E-state index in [0.29, 0.717) is 16.3 Å². The number of rotatable bonds is 6. The summed E-state index contributed by atoms with van der Waals surface area (Å²) in [5.41, 5.74) is 0.563. The van der Waals surface area contributed by atoms with Crippen molar-refractivity contribution in [2.24, 2.45) is 0 Å². The predicted molar refractivity (Wildman–Crippen MR) is 91.1 cm³/mol. The fraction of sp³-hybridized carbons (Fsp3) is 0.167. The number of ether oxygens (including phenoxy) is 2. The zero-order valence-electron chi connectivity index (χ0n) is 13.7. The molecule has 134 valence electrons. The summed E-state index contributed by atoms with van der Waals surface area (Å²) < 4.78 is 28.9. The lowest BCUT2D eigenvalue weighted by Gasteiger charge is -2.10. The Labute approximate surface area is 153 Å². The molecule has 0 bridgehead atoms. The first-order valence-electron chi connectivity index (χ1n) is 7.68. The Morgan fingerprint density at radius 3 is 2.73 bits per heavy atom. The normalized spacial score (nSPS) is 11.8. The van der Waals surface area contributed by atoms with Gasteiger partial charge in [0.25, 0.3) is 5.89 Å². The van der Waals surface area contributed by atoms with Crippen molar-refractivity contribution in [1.29, 1.82) is 0 Å². The van der Waals surface area contributed by atoms with Crippen LogP contribution in [0.4, 0.5) is 4.39 Å². The van der Waals surface area contributed by atoms with E-state index in [2.05, 4.69) is 10.2 Å². The molecule has 0 amide bonds. The molecule has 1 heterocycles. The lowest BCUT2D eigenvalue weighted by molar-refractivity contribution is -0.152. The van der Waals surface area contributed by atoms with Gasteiger partial charge in [0.15, 0.2) is 12.7 Å². The summed E-state index contributed by atoms with van der Waals surface area (Å²) in [6.45, 7) is 1.31. The summed E-state index contributed by atoms with van der Waals surface area (Å²) >= 11 is 5.84. The maximum Gasteiger partial charge on any atom is 0.344 e. The molecule has 3 aromatic rings. The van der Waals surface area contributed by atoms with Crippen molar-refractivity contribution in [3.8, 4) is 17.2 Å². The molecule has 1 atom stereocenters. The standard InChI is InChI=1S/C18H14ClFN2O4/c1-11(25-16(23)10-24-15-4-2-3-13(19)9-15)17-21-22-18(26-17)12-5-7-14(20)8-6-12/h2-9,11H,10H2,1H3/t11-/m0/s1. The number of hydrogen-bond acceptors (Lipinski definition) is 6. The number of benzene rings is 2. The van der Waals surface area contributed by atoms with E-state index in [-0.39, 0.29) is 24.2 Å². The second-order valence-electron chi connectivity index (χ2n) is 5.33. The minimum Gasteiger partial charge on any atom is -0.482 e. The summed E-state index contributed by atoms with van der Waals surface area (Å²) in [4.78, 5) is 11.9. The highest BCUT2D eigenvalue weighted by atomic mass is 35.5. The smallest absolute Gasteiger partial charge is 0.344 e. The van der Waals surface area contributed by atoms with Crippen molar-refractivity contribution in [2.75, 3.05) is 6.61 Å². The molecule has 0 aliphatic rings. The minimum absolute atomic E-state index is 0.125. The van der Waals surface area contributed by atoms with Crippen molar-refractivity contribution < 1.29 is 23.1 Å². The SMILES string of the molecule is C[C@H](OC(=O)COc1cccc(Cl)c1)c1nnc(-c2ccc(F)cc2)o1. The van der Waals surface area contributed by atoms with Gasteiger partial charge in [-0.25, -0.2) is 9.18 Å². The van der Waals surface area contributed by atoms with Crippen molar-refractivity contribution in [3.63, 3.8) is 0 Å². The summed E-state index contributed by atoms with van der Waals surface area (Å²) in [5.74, 6) is -0.175. The Balaban J connectivity index is 1.56. The quantitative estimate of drug-likeness (QED) is 0.600. The predicted octanol–water partition coefficient (Wildman–Crippen LogP) is 4.21. The number of carbonyl (C=O) groups is 1. The van der Waals surface area contributed by atoms with Gasteiger partial charge in [0, 0.05) is 10.6 Å². The van der Waals surface area contributed by atoms with Gasteiger partial charge >= 0.3 is 5.97 Å². The molecule has 26 heavy (non-hydrogen) atoms. The number of hydrogen-bond donors (Lipinski definition) is 0. The monoisotopic (exact) mass is 376 g/mol. The molecule has 0 aliphatic carbocycles. The molecule has 0 radical (unpaired) electrons. The van der Waals surface area contributed by atoms with Crippen molar-refractivity contribution in [3.05, 3.63) is 65.3 Å². The van der Waals surface area contributed by atoms with Gasteiger partial charge in [0.1, 0.15) is 11.6 Å². The second kappa shape index (κ2) is 7.97. The zero-order valence-corrected chi connectivity index (χ0v) is 14.4. The molecule has 8 heteroatoms. The number of nitrogens with zero attached hydrogens (tertiary/aromatic N) is 2. The molecule has 0 saturated carbocycles. The average molecular weight is 377 g/mol. The third kappa shape index (κ3) is 4.58. The van der Waals surface area contributed by atoms with E-state index in [4.69, 9.17) is 25.5 Å². The van der Waals surface area contributed by atoms with Crippen LogP contribution >= 0.6 is 11.6 Å². The van der Waals surface area contributed by atoms with Crippen molar-refractivity contribution >= 4 is 17.6 Å². The summed E-state index contributed by atoms with van der Waals surface area (Å²) in [6, 6.07) is 12.3. The Kier molecular flexibility index (Phi) is 5.48. The van der Waals surface area contributed by atoms with E-state index in [9.17, 15) is 9.18 Å². The Morgan fingerprint density at radius 2 is 2.00 bits per heavy atom. The van der Waals surface area contributed by atoms with Gasteiger partial charge in [-0.2, -0.15) is 0 Å². The molecule has 0 aliphatic heterocycles. The fourth-order valence-electron chi connectivity index (χ4n) is 2.09. The van der Waals surface area contributed by atoms with Crippen LogP contribution in [-0.4, -0.2) is 22.8 Å². The van der Waals surface area contributed by atoms with Crippen LogP contribution in [0.5, 0.6) is 5.75 Å². The highest BCUT2D eigenvalue weighted by molar-refractivity contribution is 6.30. The second-order valence-corrected chi connectivity index (χ2v) is 5.77.